The number of hydrogen-bond donors (Lipinski definition) is 2. The molecule has 0 aliphatic heterocycles. The highest BCUT2D eigenvalue weighted by Crippen LogP contribution is 2.25. The summed E-state index contributed by atoms with van der Waals surface area (Å²) >= 11 is 0. The molecule has 7 nitrogen and oxygen atoms in total. The van der Waals surface area contributed by atoms with Crippen LogP contribution in [0.2, 0.25) is 0 Å². The number of ether oxygens (including phenoxy) is 1. The van der Waals surface area contributed by atoms with E-state index >= 15 is 0 Å². The number of nitrogens with one attached hydrogen (secondary N) is 1. The highest BCUT2D eigenvalue weighted by atomic mass is 16.5. The molecule has 3 rings (SSSR count). The van der Waals surface area contributed by atoms with E-state index in [1.807, 2.05) is 13.8 Å². The summed E-state index contributed by atoms with van der Waals surface area (Å²) in [5.41, 5.74) is 6.51. The third-order valence-electron chi connectivity index (χ3n) is 4.10. The Hall–Kier alpha value is -3.61. The predicted molar refractivity (Wildman–Crippen MR) is 106 cm³/mol. The Balaban J connectivity index is 2.01. The van der Waals surface area contributed by atoms with Crippen molar-refractivity contribution in [2.24, 2.45) is 5.73 Å². The van der Waals surface area contributed by atoms with Gasteiger partial charge in [-0.25, -0.2) is 4.79 Å². The molecule has 0 saturated heterocycles. The topological polar surface area (TPSA) is 112 Å². The lowest BCUT2D eigenvalue weighted by molar-refractivity contribution is 0.0996. The Labute approximate surface area is 161 Å². The van der Waals surface area contributed by atoms with Crippen molar-refractivity contribution in [1.82, 2.24) is 0 Å². The molecule has 0 aliphatic carbocycles. The number of hydrogen-bond acceptors (Lipinski definition) is 5. The molecule has 0 bridgehead atoms. The number of primary amides is 1. The second-order valence-electron chi connectivity index (χ2n) is 6.65. The summed E-state index contributed by atoms with van der Waals surface area (Å²) < 4.78 is 10.8. The smallest absolute Gasteiger partial charge is 0.337 e. The van der Waals surface area contributed by atoms with Gasteiger partial charge in [0.1, 0.15) is 11.3 Å². The second-order valence-corrected chi connectivity index (χ2v) is 6.65. The van der Waals surface area contributed by atoms with Crippen molar-refractivity contribution >= 4 is 28.5 Å². The van der Waals surface area contributed by atoms with Gasteiger partial charge in [0.15, 0.2) is 0 Å². The van der Waals surface area contributed by atoms with E-state index < -0.39 is 17.4 Å². The van der Waals surface area contributed by atoms with E-state index in [2.05, 4.69) is 5.32 Å². The van der Waals surface area contributed by atoms with Crippen LogP contribution in [0.1, 0.15) is 40.1 Å². The monoisotopic (exact) mass is 380 g/mol. The zero-order valence-corrected chi connectivity index (χ0v) is 15.7. The van der Waals surface area contributed by atoms with Crippen molar-refractivity contribution in [3.05, 3.63) is 69.6 Å². The second kappa shape index (κ2) is 7.56. The summed E-state index contributed by atoms with van der Waals surface area (Å²) in [6, 6.07) is 10.8. The van der Waals surface area contributed by atoms with E-state index in [4.69, 9.17) is 14.9 Å². The van der Waals surface area contributed by atoms with Crippen LogP contribution >= 0.6 is 0 Å². The van der Waals surface area contributed by atoms with Crippen LogP contribution in [-0.2, 0) is 0 Å². The molecule has 0 radical (unpaired) electrons. The molecule has 7 heteroatoms. The van der Waals surface area contributed by atoms with Gasteiger partial charge in [0.2, 0.25) is 5.91 Å². The highest BCUT2D eigenvalue weighted by molar-refractivity contribution is 6.12. The third-order valence-corrected chi connectivity index (χ3v) is 4.10. The number of carbonyl (C=O) groups is 2. The molecule has 28 heavy (non-hydrogen) atoms. The summed E-state index contributed by atoms with van der Waals surface area (Å²) in [4.78, 5) is 36.2. The maximum absolute atomic E-state index is 12.8. The molecule has 0 spiro atoms. The van der Waals surface area contributed by atoms with E-state index in [0.717, 1.165) is 11.6 Å². The Kier molecular flexibility index (Phi) is 5.17. The van der Waals surface area contributed by atoms with Gasteiger partial charge in [-0.3, -0.25) is 9.59 Å². The minimum atomic E-state index is -0.651. The SMILES string of the molecule is Cc1ccc(C(N)=O)cc1NC(=O)c1cc(=O)oc2cc(OC(C)C)ccc12. The molecular formula is C21H20N2O5. The lowest BCUT2D eigenvalue weighted by atomic mass is 10.1. The third kappa shape index (κ3) is 4.03. The Morgan fingerprint density at radius 1 is 1.11 bits per heavy atom. The van der Waals surface area contributed by atoms with Crippen LogP contribution in [0.15, 0.2) is 51.7 Å². The summed E-state index contributed by atoms with van der Waals surface area (Å²) in [6.07, 6.45) is -0.0452. The van der Waals surface area contributed by atoms with Gasteiger partial charge >= 0.3 is 5.63 Å². The summed E-state index contributed by atoms with van der Waals surface area (Å²) in [7, 11) is 0. The zero-order chi connectivity index (χ0) is 20.4. The quantitative estimate of drug-likeness (QED) is 0.660. The first-order valence-corrected chi connectivity index (χ1v) is 8.71. The minimum Gasteiger partial charge on any atom is -0.491 e. The van der Waals surface area contributed by atoms with Gasteiger partial charge in [-0.05, 0) is 50.6 Å². The number of fused-ring (bicyclic) bond motifs is 1. The molecule has 0 saturated carbocycles. The normalized spacial score (nSPS) is 10.9. The summed E-state index contributed by atoms with van der Waals surface area (Å²) in [5, 5.41) is 3.20. The van der Waals surface area contributed by atoms with Gasteiger partial charge < -0.3 is 20.2 Å². The van der Waals surface area contributed by atoms with Gasteiger partial charge in [0.25, 0.3) is 5.91 Å². The number of benzene rings is 2. The van der Waals surface area contributed by atoms with Crippen molar-refractivity contribution in [3.63, 3.8) is 0 Å². The molecular weight excluding hydrogens is 360 g/mol. The van der Waals surface area contributed by atoms with Crippen LogP contribution in [0.3, 0.4) is 0 Å². The predicted octanol–water partition coefficient (Wildman–Crippen LogP) is 3.24. The molecule has 3 aromatic rings. The fourth-order valence-electron chi connectivity index (χ4n) is 2.78. The zero-order valence-electron chi connectivity index (χ0n) is 15.7. The average Bonchev–Trinajstić information content (AvgIpc) is 2.61. The molecule has 1 aromatic heterocycles. The summed E-state index contributed by atoms with van der Waals surface area (Å²) in [6.45, 7) is 5.55. The molecule has 144 valence electrons. The number of amides is 2. The van der Waals surface area contributed by atoms with Crippen molar-refractivity contribution in [2.75, 3.05) is 5.32 Å². The highest BCUT2D eigenvalue weighted by Gasteiger charge is 2.16. The van der Waals surface area contributed by atoms with E-state index in [-0.39, 0.29) is 22.8 Å². The van der Waals surface area contributed by atoms with Crippen LogP contribution in [0.5, 0.6) is 5.75 Å². The first-order chi connectivity index (χ1) is 13.2. The lowest BCUT2D eigenvalue weighted by Crippen LogP contribution is -2.17. The van der Waals surface area contributed by atoms with Crippen LogP contribution < -0.4 is 21.4 Å². The number of rotatable bonds is 5. The molecule has 0 aliphatic rings. The average molecular weight is 380 g/mol. The van der Waals surface area contributed by atoms with E-state index in [1.54, 1.807) is 37.3 Å². The standard InChI is InChI=1S/C21H20N2O5/c1-11(2)27-14-6-7-15-16(10-19(24)28-18(15)9-14)21(26)23-17-8-13(20(22)25)5-4-12(17)3/h4-11H,1-3H3,(H2,22,25)(H,23,26). The Morgan fingerprint density at radius 3 is 2.54 bits per heavy atom. The molecule has 0 atom stereocenters. The molecule has 0 unspecified atom stereocenters. The fraction of sp³-hybridized carbons (Fsp3) is 0.190. The van der Waals surface area contributed by atoms with Crippen LogP contribution in [-0.4, -0.2) is 17.9 Å². The van der Waals surface area contributed by atoms with Crippen molar-refractivity contribution in [1.29, 1.82) is 0 Å². The molecule has 3 N–H and O–H groups in total. The van der Waals surface area contributed by atoms with Crippen molar-refractivity contribution in [2.45, 2.75) is 26.9 Å². The molecule has 0 fully saturated rings. The van der Waals surface area contributed by atoms with Gasteiger partial charge in [-0.1, -0.05) is 6.07 Å². The number of nitrogens with two attached hydrogens (primary N) is 1. The van der Waals surface area contributed by atoms with Gasteiger partial charge in [-0.15, -0.1) is 0 Å². The Morgan fingerprint density at radius 2 is 1.86 bits per heavy atom. The number of carbonyl (C=O) groups excluding carboxylic acids is 2. The molecule has 1 heterocycles. The first-order valence-electron chi connectivity index (χ1n) is 8.71. The maximum atomic E-state index is 12.8. The maximum Gasteiger partial charge on any atom is 0.337 e. The van der Waals surface area contributed by atoms with Gasteiger partial charge in [0.05, 0.1) is 11.7 Å². The summed E-state index contributed by atoms with van der Waals surface area (Å²) in [5.74, 6) is -0.563. The molecule has 2 aromatic carbocycles. The van der Waals surface area contributed by atoms with Crippen LogP contribution in [0, 0.1) is 6.92 Å². The van der Waals surface area contributed by atoms with Gasteiger partial charge in [-0.2, -0.15) is 0 Å². The van der Waals surface area contributed by atoms with E-state index in [0.29, 0.717) is 16.8 Å². The number of aryl methyl sites for hydroxylation is 1. The largest absolute Gasteiger partial charge is 0.491 e. The minimum absolute atomic E-state index is 0.0452. The molecule has 2 amide bonds. The number of anilines is 1. The van der Waals surface area contributed by atoms with E-state index in [1.165, 1.54) is 6.07 Å². The Bertz CT molecular complexity index is 1130. The fourth-order valence-corrected chi connectivity index (χ4v) is 2.78. The van der Waals surface area contributed by atoms with E-state index in [9.17, 15) is 14.4 Å². The van der Waals surface area contributed by atoms with Crippen LogP contribution in [0.4, 0.5) is 5.69 Å². The van der Waals surface area contributed by atoms with Gasteiger partial charge in [0, 0.05) is 28.8 Å². The first kappa shape index (κ1) is 19.2. The van der Waals surface area contributed by atoms with Crippen molar-refractivity contribution < 1.29 is 18.7 Å². The lowest BCUT2D eigenvalue weighted by Gasteiger charge is -2.12. The van der Waals surface area contributed by atoms with Crippen molar-refractivity contribution in [3.8, 4) is 5.75 Å². The van der Waals surface area contributed by atoms with Crippen LogP contribution in [0.25, 0.3) is 11.0 Å².